The van der Waals surface area contributed by atoms with Crippen LogP contribution in [0.5, 0.6) is 5.75 Å². The molecule has 0 amide bonds. The third-order valence-corrected chi connectivity index (χ3v) is 3.66. The average molecular weight is 364 g/mol. The van der Waals surface area contributed by atoms with Crippen LogP contribution in [0.1, 0.15) is 17.3 Å². The van der Waals surface area contributed by atoms with E-state index in [0.29, 0.717) is 10.8 Å². The highest BCUT2D eigenvalue weighted by Gasteiger charge is 2.18. The van der Waals surface area contributed by atoms with E-state index in [-0.39, 0.29) is 29.4 Å². The van der Waals surface area contributed by atoms with Crippen LogP contribution in [0.3, 0.4) is 0 Å². The van der Waals surface area contributed by atoms with Crippen molar-refractivity contribution in [2.45, 2.75) is 12.1 Å². The number of thioether (sulfide) groups is 1. The molecule has 25 heavy (non-hydrogen) atoms. The summed E-state index contributed by atoms with van der Waals surface area (Å²) in [7, 11) is 1.39. The number of carbonyl (C=O) groups is 1. The first-order valence-electron chi connectivity index (χ1n) is 7.17. The van der Waals surface area contributed by atoms with Crippen LogP contribution in [-0.4, -0.2) is 40.8 Å². The van der Waals surface area contributed by atoms with Crippen molar-refractivity contribution in [1.29, 1.82) is 0 Å². The maximum atomic E-state index is 12.1. The number of esters is 1. The first-order valence-corrected chi connectivity index (χ1v) is 8.40. The van der Waals surface area contributed by atoms with E-state index in [1.54, 1.807) is 13.2 Å². The van der Waals surface area contributed by atoms with E-state index in [1.165, 1.54) is 43.3 Å². The summed E-state index contributed by atoms with van der Waals surface area (Å²) in [5.41, 5.74) is 0.463. The van der Waals surface area contributed by atoms with E-state index in [2.05, 4.69) is 15.3 Å². The van der Waals surface area contributed by atoms with Crippen molar-refractivity contribution >= 4 is 34.9 Å². The summed E-state index contributed by atoms with van der Waals surface area (Å²) in [4.78, 5) is 30.8. The third-order valence-electron chi connectivity index (χ3n) is 3.09. The largest absolute Gasteiger partial charge is 0.494 e. The van der Waals surface area contributed by atoms with Crippen LogP contribution in [0.2, 0.25) is 0 Å². The number of ether oxygens (including phenoxy) is 2. The van der Waals surface area contributed by atoms with Crippen molar-refractivity contribution in [2.24, 2.45) is 0 Å². The molecule has 0 aliphatic rings. The molecule has 0 aliphatic heterocycles. The number of aromatic nitrogens is 2. The van der Waals surface area contributed by atoms with E-state index in [0.717, 1.165) is 0 Å². The Kier molecular flexibility index (Phi) is 6.12. The Morgan fingerprint density at radius 1 is 1.44 bits per heavy atom. The maximum Gasteiger partial charge on any atom is 0.343 e. The summed E-state index contributed by atoms with van der Waals surface area (Å²) in [6.45, 7) is 1.91. The Hall–Kier alpha value is -2.88. The molecule has 0 saturated heterocycles. The first-order chi connectivity index (χ1) is 12.0. The van der Waals surface area contributed by atoms with Crippen LogP contribution >= 0.6 is 11.8 Å². The Bertz CT molecular complexity index is 799. The van der Waals surface area contributed by atoms with Gasteiger partial charge < -0.3 is 14.8 Å². The number of non-ortho nitro benzene ring substituents is 1. The SMILES string of the molecule is CCOC(=O)c1cnc(SC)nc1Nc1ccc([N+](=O)[O-])cc1OC. The van der Waals surface area contributed by atoms with E-state index >= 15 is 0 Å². The molecule has 1 aromatic carbocycles. The fourth-order valence-corrected chi connectivity index (χ4v) is 2.28. The monoisotopic (exact) mass is 364 g/mol. The zero-order valence-corrected chi connectivity index (χ0v) is 14.6. The predicted molar refractivity (Wildman–Crippen MR) is 92.7 cm³/mol. The topological polar surface area (TPSA) is 116 Å². The molecule has 2 aromatic rings. The molecule has 1 N–H and O–H groups in total. The van der Waals surface area contributed by atoms with Crippen LogP contribution in [0.4, 0.5) is 17.2 Å². The molecule has 0 radical (unpaired) electrons. The van der Waals surface area contributed by atoms with Gasteiger partial charge in [-0.1, -0.05) is 11.8 Å². The van der Waals surface area contributed by atoms with Gasteiger partial charge in [0.15, 0.2) is 5.16 Å². The summed E-state index contributed by atoms with van der Waals surface area (Å²) in [5.74, 6) is -0.100. The van der Waals surface area contributed by atoms with Crippen LogP contribution in [0.15, 0.2) is 29.6 Å². The molecule has 1 aromatic heterocycles. The lowest BCUT2D eigenvalue weighted by Gasteiger charge is -2.13. The predicted octanol–water partition coefficient (Wildman–Crippen LogP) is 3.04. The molecule has 10 heteroatoms. The number of hydrogen-bond donors (Lipinski definition) is 1. The van der Waals surface area contributed by atoms with Crippen molar-refractivity contribution in [2.75, 3.05) is 25.3 Å². The highest BCUT2D eigenvalue weighted by Crippen LogP contribution is 2.32. The molecule has 1 heterocycles. The quantitative estimate of drug-likeness (QED) is 0.260. The number of benzene rings is 1. The van der Waals surface area contributed by atoms with Crippen molar-refractivity contribution in [3.8, 4) is 5.75 Å². The summed E-state index contributed by atoms with van der Waals surface area (Å²) >= 11 is 1.31. The third kappa shape index (κ3) is 4.35. The number of carbonyl (C=O) groups excluding carboxylic acids is 1. The molecule has 0 fully saturated rings. The molecule has 0 aliphatic carbocycles. The van der Waals surface area contributed by atoms with Gasteiger partial charge in [0.05, 0.1) is 30.4 Å². The fourth-order valence-electron chi connectivity index (χ4n) is 1.94. The van der Waals surface area contributed by atoms with Gasteiger partial charge in [-0.15, -0.1) is 0 Å². The number of anilines is 2. The zero-order chi connectivity index (χ0) is 18.4. The normalized spacial score (nSPS) is 10.2. The van der Waals surface area contributed by atoms with Crippen LogP contribution in [0.25, 0.3) is 0 Å². The van der Waals surface area contributed by atoms with Gasteiger partial charge in [0, 0.05) is 12.3 Å². The Morgan fingerprint density at radius 2 is 2.20 bits per heavy atom. The second-order valence-electron chi connectivity index (χ2n) is 4.61. The molecule has 0 atom stereocenters. The van der Waals surface area contributed by atoms with Crippen LogP contribution < -0.4 is 10.1 Å². The lowest BCUT2D eigenvalue weighted by atomic mass is 10.2. The maximum absolute atomic E-state index is 12.1. The van der Waals surface area contributed by atoms with Gasteiger partial charge in [-0.05, 0) is 19.2 Å². The van der Waals surface area contributed by atoms with Gasteiger partial charge in [0.1, 0.15) is 17.1 Å². The van der Waals surface area contributed by atoms with Crippen molar-refractivity contribution in [1.82, 2.24) is 9.97 Å². The summed E-state index contributed by atoms with van der Waals surface area (Å²) in [5, 5.41) is 14.3. The molecular formula is C15H16N4O5S. The number of hydrogen-bond acceptors (Lipinski definition) is 9. The molecule has 0 bridgehead atoms. The number of nitrogens with zero attached hydrogens (tertiary/aromatic N) is 3. The fraction of sp³-hybridized carbons (Fsp3) is 0.267. The number of nitro benzene ring substituents is 1. The van der Waals surface area contributed by atoms with E-state index < -0.39 is 10.9 Å². The highest BCUT2D eigenvalue weighted by atomic mass is 32.2. The van der Waals surface area contributed by atoms with E-state index in [1.807, 2.05) is 0 Å². The van der Waals surface area contributed by atoms with Crippen LogP contribution in [0, 0.1) is 10.1 Å². The molecule has 0 spiro atoms. The highest BCUT2D eigenvalue weighted by molar-refractivity contribution is 7.98. The number of rotatable bonds is 7. The number of nitrogens with one attached hydrogen (secondary N) is 1. The summed E-state index contributed by atoms with van der Waals surface area (Å²) < 4.78 is 10.2. The standard InChI is InChI=1S/C15H16N4O5S/c1-4-24-14(20)10-8-16-15(25-3)18-13(10)17-11-6-5-9(19(21)22)7-12(11)23-2/h5-8H,4H2,1-3H3,(H,16,17,18). The minimum atomic E-state index is -0.571. The lowest BCUT2D eigenvalue weighted by molar-refractivity contribution is -0.384. The van der Waals surface area contributed by atoms with Crippen molar-refractivity contribution in [3.05, 3.63) is 40.1 Å². The second kappa shape index (κ2) is 8.29. The average Bonchev–Trinajstić information content (AvgIpc) is 2.61. The number of methoxy groups -OCH3 is 1. The van der Waals surface area contributed by atoms with Crippen LogP contribution in [-0.2, 0) is 4.74 Å². The molecule has 132 valence electrons. The Labute approximate surface area is 147 Å². The minimum absolute atomic E-state index is 0.111. The summed E-state index contributed by atoms with van der Waals surface area (Å²) in [6.07, 6.45) is 3.17. The van der Waals surface area contributed by atoms with Gasteiger partial charge in [-0.25, -0.2) is 14.8 Å². The Morgan fingerprint density at radius 3 is 2.80 bits per heavy atom. The zero-order valence-electron chi connectivity index (χ0n) is 13.8. The molecule has 9 nitrogen and oxygen atoms in total. The first kappa shape index (κ1) is 18.5. The van der Waals surface area contributed by atoms with Gasteiger partial charge in [0.2, 0.25) is 0 Å². The Balaban J connectivity index is 2.44. The molecule has 0 unspecified atom stereocenters. The van der Waals surface area contributed by atoms with Gasteiger partial charge >= 0.3 is 5.97 Å². The van der Waals surface area contributed by atoms with Gasteiger partial charge in [-0.3, -0.25) is 10.1 Å². The van der Waals surface area contributed by atoms with Crippen molar-refractivity contribution < 1.29 is 19.2 Å². The minimum Gasteiger partial charge on any atom is -0.494 e. The number of nitro groups is 1. The lowest BCUT2D eigenvalue weighted by Crippen LogP contribution is -2.11. The summed E-state index contributed by atoms with van der Waals surface area (Å²) in [6, 6.07) is 4.08. The molecule has 2 rings (SSSR count). The van der Waals surface area contributed by atoms with Gasteiger partial charge in [-0.2, -0.15) is 0 Å². The molecule has 0 saturated carbocycles. The van der Waals surface area contributed by atoms with E-state index in [9.17, 15) is 14.9 Å². The second-order valence-corrected chi connectivity index (χ2v) is 5.38. The van der Waals surface area contributed by atoms with E-state index in [4.69, 9.17) is 9.47 Å². The smallest absolute Gasteiger partial charge is 0.343 e. The molecular weight excluding hydrogens is 348 g/mol. The van der Waals surface area contributed by atoms with Gasteiger partial charge in [0.25, 0.3) is 5.69 Å². The van der Waals surface area contributed by atoms with Crippen molar-refractivity contribution in [3.63, 3.8) is 0 Å².